The average molecular weight is 142 g/mol. The Morgan fingerprint density at radius 3 is 2.22 bits per heavy atom. The van der Waals surface area contributed by atoms with Crippen LogP contribution in [0.4, 0.5) is 0 Å². The molecule has 54 valence electrons. The topological polar surface area (TPSA) is 0 Å². The van der Waals surface area contributed by atoms with E-state index in [2.05, 4.69) is 38.7 Å². The van der Waals surface area contributed by atoms with Gasteiger partial charge in [0, 0.05) is 0 Å². The van der Waals surface area contributed by atoms with Gasteiger partial charge in [-0.1, -0.05) is 44.3 Å². The summed E-state index contributed by atoms with van der Waals surface area (Å²) in [5.41, 5.74) is 2.41. The van der Waals surface area contributed by atoms with Crippen LogP contribution in [0.3, 0.4) is 0 Å². The van der Waals surface area contributed by atoms with Crippen LogP contribution in [0, 0.1) is 0 Å². The monoisotopic (exact) mass is 142 g/mol. The third kappa shape index (κ3) is 4.46. The summed E-state index contributed by atoms with van der Waals surface area (Å²) < 4.78 is 0. The van der Waals surface area contributed by atoms with Crippen molar-refractivity contribution in [1.29, 1.82) is 0 Å². The largest absolute Gasteiger partial charge is 0.0989 e. The van der Waals surface area contributed by atoms with E-state index < -0.39 is 8.07 Å². The van der Waals surface area contributed by atoms with E-state index in [-0.39, 0.29) is 0 Å². The summed E-state index contributed by atoms with van der Waals surface area (Å²) in [5, 5.41) is 0. The Morgan fingerprint density at radius 1 is 1.33 bits per heavy atom. The summed E-state index contributed by atoms with van der Waals surface area (Å²) in [6.07, 6.45) is 3.53. The van der Waals surface area contributed by atoms with E-state index in [1.807, 2.05) is 0 Å². The lowest BCUT2D eigenvalue weighted by molar-refractivity contribution is 1.05. The molecule has 9 heavy (non-hydrogen) atoms. The Labute approximate surface area is 60.0 Å². The number of rotatable bonds is 3. The van der Waals surface area contributed by atoms with Crippen molar-refractivity contribution >= 4 is 8.07 Å². The van der Waals surface area contributed by atoms with Crippen molar-refractivity contribution < 1.29 is 0 Å². The molecular formula is C8H18Si. The molecule has 0 rings (SSSR count). The zero-order valence-electron chi connectivity index (χ0n) is 7.07. The fourth-order valence-corrected chi connectivity index (χ4v) is 3.54. The fourth-order valence-electron chi connectivity index (χ4n) is 1.18. The van der Waals surface area contributed by atoms with Gasteiger partial charge in [-0.2, -0.15) is 0 Å². The first kappa shape index (κ1) is 8.96. The Kier molecular flexibility index (Phi) is 3.87. The van der Waals surface area contributed by atoms with E-state index in [1.54, 1.807) is 0 Å². The van der Waals surface area contributed by atoms with Gasteiger partial charge in [-0.25, -0.2) is 0 Å². The molecule has 0 saturated carbocycles. The second kappa shape index (κ2) is 3.88. The highest BCUT2D eigenvalue weighted by atomic mass is 28.3. The lowest BCUT2D eigenvalue weighted by Crippen LogP contribution is -2.21. The van der Waals surface area contributed by atoms with Gasteiger partial charge in [0.15, 0.2) is 0 Å². The van der Waals surface area contributed by atoms with Crippen LogP contribution in [-0.4, -0.2) is 8.07 Å². The van der Waals surface area contributed by atoms with Crippen LogP contribution in [0.1, 0.15) is 20.3 Å². The quantitative estimate of drug-likeness (QED) is 0.531. The Bertz CT molecular complexity index is 92.7. The molecule has 0 fully saturated rings. The third-order valence-electron chi connectivity index (χ3n) is 1.51. The van der Waals surface area contributed by atoms with Crippen LogP contribution in [0.15, 0.2) is 11.8 Å². The smallest absolute Gasteiger partial charge is 0.0713 e. The molecule has 0 atom stereocenters. The van der Waals surface area contributed by atoms with Crippen LogP contribution < -0.4 is 0 Å². The Balaban J connectivity index is 3.70. The summed E-state index contributed by atoms with van der Waals surface area (Å²) in [5.74, 6) is 0. The standard InChI is InChI=1S/C8H18Si/c1-5-7-9(3,4)8-6-2/h5,7H,6,8H2,1-4H3/b7-5+. The molecule has 0 saturated heterocycles. The van der Waals surface area contributed by atoms with Gasteiger partial charge in [-0.3, -0.25) is 0 Å². The summed E-state index contributed by atoms with van der Waals surface area (Å²) in [4.78, 5) is 0. The van der Waals surface area contributed by atoms with Gasteiger partial charge < -0.3 is 0 Å². The molecule has 0 unspecified atom stereocenters. The first-order valence-corrected chi connectivity index (χ1v) is 7.04. The SMILES string of the molecule is C/C=C/[Si](C)(C)CCC. The lowest BCUT2D eigenvalue weighted by Gasteiger charge is -2.15. The lowest BCUT2D eigenvalue weighted by atomic mass is 10.6. The minimum atomic E-state index is -0.884. The second-order valence-electron chi connectivity index (χ2n) is 3.24. The van der Waals surface area contributed by atoms with Crippen LogP contribution in [0.2, 0.25) is 19.1 Å². The molecule has 0 amide bonds. The third-order valence-corrected chi connectivity index (χ3v) is 4.54. The van der Waals surface area contributed by atoms with E-state index in [0.29, 0.717) is 0 Å². The van der Waals surface area contributed by atoms with Gasteiger partial charge in [0.1, 0.15) is 0 Å². The molecule has 0 heterocycles. The molecular weight excluding hydrogens is 124 g/mol. The number of hydrogen-bond donors (Lipinski definition) is 0. The molecule has 0 aliphatic heterocycles. The van der Waals surface area contributed by atoms with Crippen LogP contribution in [0.25, 0.3) is 0 Å². The molecule has 0 aliphatic carbocycles. The highest BCUT2D eigenvalue weighted by Crippen LogP contribution is 2.12. The molecule has 0 aliphatic rings. The molecule has 0 aromatic carbocycles. The molecule has 1 heteroatoms. The summed E-state index contributed by atoms with van der Waals surface area (Å²) >= 11 is 0. The van der Waals surface area contributed by atoms with E-state index in [1.165, 1.54) is 12.5 Å². The summed E-state index contributed by atoms with van der Waals surface area (Å²) in [6.45, 7) is 9.20. The second-order valence-corrected chi connectivity index (χ2v) is 8.05. The van der Waals surface area contributed by atoms with Crippen molar-refractivity contribution in [2.24, 2.45) is 0 Å². The van der Waals surface area contributed by atoms with E-state index in [4.69, 9.17) is 0 Å². The first-order chi connectivity index (χ1) is 4.12. The van der Waals surface area contributed by atoms with E-state index >= 15 is 0 Å². The van der Waals surface area contributed by atoms with Crippen molar-refractivity contribution in [3.8, 4) is 0 Å². The first-order valence-electron chi connectivity index (χ1n) is 3.76. The number of hydrogen-bond acceptors (Lipinski definition) is 0. The molecule has 0 bridgehead atoms. The summed E-state index contributed by atoms with van der Waals surface area (Å²) in [6, 6.07) is 1.43. The maximum absolute atomic E-state index is 2.41. The molecule has 0 aromatic rings. The van der Waals surface area contributed by atoms with Gasteiger partial charge in [0.25, 0.3) is 0 Å². The average Bonchev–Trinajstić information content (AvgIpc) is 1.64. The van der Waals surface area contributed by atoms with Gasteiger partial charge in [-0.15, -0.1) is 0 Å². The normalized spacial score (nSPS) is 12.9. The van der Waals surface area contributed by atoms with Gasteiger partial charge in [0.05, 0.1) is 8.07 Å². The number of allylic oxidation sites excluding steroid dienone is 1. The predicted octanol–water partition coefficient (Wildman–Crippen LogP) is 3.22. The van der Waals surface area contributed by atoms with Crippen molar-refractivity contribution in [1.82, 2.24) is 0 Å². The zero-order chi connectivity index (χ0) is 7.33. The van der Waals surface area contributed by atoms with Crippen molar-refractivity contribution in [3.63, 3.8) is 0 Å². The van der Waals surface area contributed by atoms with E-state index in [0.717, 1.165) is 0 Å². The summed E-state index contributed by atoms with van der Waals surface area (Å²) in [7, 11) is -0.884. The predicted molar refractivity (Wildman–Crippen MR) is 47.4 cm³/mol. The van der Waals surface area contributed by atoms with E-state index in [9.17, 15) is 0 Å². The Hall–Kier alpha value is -0.0431. The maximum Gasteiger partial charge on any atom is 0.0713 e. The molecule has 0 N–H and O–H groups in total. The minimum Gasteiger partial charge on any atom is -0.0989 e. The van der Waals surface area contributed by atoms with Crippen LogP contribution in [-0.2, 0) is 0 Å². The fraction of sp³-hybridized carbons (Fsp3) is 0.750. The molecule has 0 spiro atoms. The molecule has 0 aromatic heterocycles. The molecule has 0 radical (unpaired) electrons. The van der Waals surface area contributed by atoms with Crippen LogP contribution in [0.5, 0.6) is 0 Å². The zero-order valence-corrected chi connectivity index (χ0v) is 8.07. The molecule has 0 nitrogen and oxygen atoms in total. The van der Waals surface area contributed by atoms with Gasteiger partial charge in [0.2, 0.25) is 0 Å². The van der Waals surface area contributed by atoms with Crippen LogP contribution >= 0.6 is 0 Å². The van der Waals surface area contributed by atoms with Crippen molar-refractivity contribution in [2.45, 2.75) is 39.4 Å². The van der Waals surface area contributed by atoms with Gasteiger partial charge >= 0.3 is 0 Å². The van der Waals surface area contributed by atoms with Gasteiger partial charge in [-0.05, 0) is 6.92 Å². The highest BCUT2D eigenvalue weighted by Gasteiger charge is 2.13. The maximum atomic E-state index is 2.41. The highest BCUT2D eigenvalue weighted by molar-refractivity contribution is 6.82. The van der Waals surface area contributed by atoms with Crippen molar-refractivity contribution in [3.05, 3.63) is 11.8 Å². The minimum absolute atomic E-state index is 0.884. The Morgan fingerprint density at radius 2 is 1.89 bits per heavy atom. The van der Waals surface area contributed by atoms with Crippen molar-refractivity contribution in [2.75, 3.05) is 0 Å².